The molecule has 0 bridgehead atoms. The van der Waals surface area contributed by atoms with E-state index in [1.165, 1.54) is 15.2 Å². The minimum atomic E-state index is -3.64. The molecule has 1 amide bonds. The number of benzene rings is 1. The fourth-order valence-corrected chi connectivity index (χ4v) is 5.56. The van der Waals surface area contributed by atoms with Crippen LogP contribution < -0.4 is 5.32 Å². The number of thiophene rings is 1. The van der Waals surface area contributed by atoms with Crippen molar-refractivity contribution in [1.29, 1.82) is 0 Å². The molecule has 1 N–H and O–H groups in total. The third-order valence-electron chi connectivity index (χ3n) is 4.89. The second-order valence-electron chi connectivity index (χ2n) is 7.45. The maximum atomic E-state index is 13.1. The van der Waals surface area contributed by atoms with Crippen molar-refractivity contribution in [2.75, 3.05) is 27.2 Å². The van der Waals surface area contributed by atoms with Gasteiger partial charge >= 0.3 is 0 Å². The van der Waals surface area contributed by atoms with Crippen molar-refractivity contribution in [1.82, 2.24) is 14.5 Å². The first-order valence-corrected chi connectivity index (χ1v) is 11.7. The summed E-state index contributed by atoms with van der Waals surface area (Å²) < 4.78 is 27.7. The van der Waals surface area contributed by atoms with Crippen LogP contribution in [0.15, 0.2) is 40.6 Å². The quantitative estimate of drug-likeness (QED) is 0.746. The van der Waals surface area contributed by atoms with E-state index in [-0.39, 0.29) is 16.8 Å². The zero-order valence-corrected chi connectivity index (χ0v) is 18.1. The fourth-order valence-electron chi connectivity index (χ4n) is 3.21. The first kappa shape index (κ1) is 21.0. The number of amides is 1. The van der Waals surface area contributed by atoms with Crippen molar-refractivity contribution in [3.8, 4) is 0 Å². The Morgan fingerprint density at radius 2 is 2.11 bits per heavy atom. The number of rotatable bonds is 7. The molecule has 1 aromatic carbocycles. The second kappa shape index (κ2) is 8.73. The summed E-state index contributed by atoms with van der Waals surface area (Å²) >= 11 is 1.67. The van der Waals surface area contributed by atoms with E-state index in [9.17, 15) is 13.2 Å². The van der Waals surface area contributed by atoms with Gasteiger partial charge < -0.3 is 10.2 Å². The van der Waals surface area contributed by atoms with Crippen LogP contribution in [0.3, 0.4) is 0 Å². The highest BCUT2D eigenvalue weighted by Crippen LogP contribution is 2.28. The molecule has 6 nitrogen and oxygen atoms in total. The van der Waals surface area contributed by atoms with Crippen LogP contribution in [0.1, 0.15) is 34.1 Å². The molecule has 1 aliphatic heterocycles. The molecule has 2 heterocycles. The van der Waals surface area contributed by atoms with E-state index in [1.807, 2.05) is 32.5 Å². The molecule has 8 heteroatoms. The highest BCUT2D eigenvalue weighted by molar-refractivity contribution is 7.89. The molecule has 0 aliphatic carbocycles. The van der Waals surface area contributed by atoms with Crippen LogP contribution in [-0.4, -0.2) is 56.8 Å². The van der Waals surface area contributed by atoms with Crippen molar-refractivity contribution in [2.24, 2.45) is 0 Å². The van der Waals surface area contributed by atoms with Crippen molar-refractivity contribution >= 4 is 27.3 Å². The summed E-state index contributed by atoms with van der Waals surface area (Å²) in [5.74, 6) is -0.248. The lowest BCUT2D eigenvalue weighted by molar-refractivity contribution is 0.0936. The molecule has 0 saturated carbocycles. The number of nitrogens with zero attached hydrogens (tertiary/aromatic N) is 2. The summed E-state index contributed by atoms with van der Waals surface area (Å²) in [6.07, 6.45) is 1.56. The topological polar surface area (TPSA) is 69.7 Å². The summed E-state index contributed by atoms with van der Waals surface area (Å²) in [6, 6.07) is 8.32. The molecule has 3 rings (SSSR count). The molecule has 1 aromatic heterocycles. The monoisotopic (exact) mass is 421 g/mol. The average Bonchev–Trinajstić information content (AvgIpc) is 3.14. The number of carbonyl (C=O) groups is 1. The Bertz CT molecular complexity index is 938. The van der Waals surface area contributed by atoms with Gasteiger partial charge in [0.1, 0.15) is 0 Å². The summed E-state index contributed by atoms with van der Waals surface area (Å²) in [5, 5.41) is 4.95. The van der Waals surface area contributed by atoms with Gasteiger partial charge in [-0.3, -0.25) is 4.79 Å². The van der Waals surface area contributed by atoms with E-state index < -0.39 is 10.0 Å². The van der Waals surface area contributed by atoms with Gasteiger partial charge in [0, 0.05) is 29.6 Å². The smallest absolute Gasteiger partial charge is 0.251 e. The molecule has 2 aromatic rings. The van der Waals surface area contributed by atoms with Crippen molar-refractivity contribution in [3.05, 3.63) is 51.7 Å². The first-order chi connectivity index (χ1) is 13.3. The van der Waals surface area contributed by atoms with Crippen LogP contribution in [0.25, 0.3) is 0 Å². The van der Waals surface area contributed by atoms with Gasteiger partial charge in [-0.05, 0) is 75.6 Å². The molecular weight excluding hydrogens is 394 g/mol. The van der Waals surface area contributed by atoms with Crippen LogP contribution >= 0.6 is 11.3 Å². The van der Waals surface area contributed by atoms with E-state index in [0.29, 0.717) is 18.7 Å². The van der Waals surface area contributed by atoms with E-state index in [1.54, 1.807) is 29.5 Å². The summed E-state index contributed by atoms with van der Waals surface area (Å²) in [6.45, 7) is 3.68. The van der Waals surface area contributed by atoms with E-state index in [4.69, 9.17) is 0 Å². The highest BCUT2D eigenvalue weighted by atomic mass is 32.2. The van der Waals surface area contributed by atoms with Gasteiger partial charge in [-0.25, -0.2) is 8.42 Å². The maximum absolute atomic E-state index is 13.1. The second-order valence-corrected chi connectivity index (χ2v) is 10.4. The Morgan fingerprint density at radius 1 is 1.32 bits per heavy atom. The van der Waals surface area contributed by atoms with Gasteiger partial charge in [0.2, 0.25) is 10.0 Å². The normalized spacial score (nSPS) is 16.0. The Labute approximate surface area is 171 Å². The predicted molar refractivity (Wildman–Crippen MR) is 112 cm³/mol. The number of fused-ring (bicyclic) bond motifs is 1. The third-order valence-corrected chi connectivity index (χ3v) is 7.76. The molecule has 0 saturated heterocycles. The molecule has 28 heavy (non-hydrogen) atoms. The maximum Gasteiger partial charge on any atom is 0.251 e. The van der Waals surface area contributed by atoms with E-state index in [0.717, 1.165) is 24.9 Å². The van der Waals surface area contributed by atoms with Gasteiger partial charge in [0.15, 0.2) is 0 Å². The van der Waals surface area contributed by atoms with Crippen LogP contribution in [0.4, 0.5) is 0 Å². The van der Waals surface area contributed by atoms with Gasteiger partial charge in [0.05, 0.1) is 4.90 Å². The SMILES string of the molecule is CC(CCN(C)C)NC(=O)c1cccc(S(=O)(=O)N2CCc3sccc3C2)c1. The van der Waals surface area contributed by atoms with Gasteiger partial charge in [-0.2, -0.15) is 4.31 Å². The lowest BCUT2D eigenvalue weighted by Crippen LogP contribution is -2.36. The van der Waals surface area contributed by atoms with Crippen LogP contribution in [-0.2, 0) is 23.0 Å². The molecular formula is C20H27N3O3S2. The third kappa shape index (κ3) is 4.81. The van der Waals surface area contributed by atoms with Crippen molar-refractivity contribution in [3.63, 3.8) is 0 Å². The average molecular weight is 422 g/mol. The van der Waals surface area contributed by atoms with Gasteiger partial charge in [-0.1, -0.05) is 6.07 Å². The van der Waals surface area contributed by atoms with E-state index >= 15 is 0 Å². The fraction of sp³-hybridized carbons (Fsp3) is 0.450. The van der Waals surface area contributed by atoms with Crippen LogP contribution in [0.5, 0.6) is 0 Å². The minimum Gasteiger partial charge on any atom is -0.350 e. The Kier molecular flexibility index (Phi) is 6.54. The summed E-state index contributed by atoms with van der Waals surface area (Å²) in [5.41, 5.74) is 1.44. The molecule has 0 radical (unpaired) electrons. The van der Waals surface area contributed by atoms with Crippen LogP contribution in [0.2, 0.25) is 0 Å². The lowest BCUT2D eigenvalue weighted by atomic mass is 10.1. The first-order valence-electron chi connectivity index (χ1n) is 9.38. The molecule has 0 fully saturated rings. The molecule has 1 atom stereocenters. The van der Waals surface area contributed by atoms with Crippen molar-refractivity contribution in [2.45, 2.75) is 37.2 Å². The summed E-state index contributed by atoms with van der Waals surface area (Å²) in [4.78, 5) is 16.0. The predicted octanol–water partition coefficient (Wildman–Crippen LogP) is 2.57. The van der Waals surface area contributed by atoms with E-state index in [2.05, 4.69) is 10.2 Å². The Hall–Kier alpha value is -1.74. The number of hydrogen-bond donors (Lipinski definition) is 1. The standard InChI is InChI=1S/C20H27N3O3S2/c1-15(7-10-22(2)3)21-20(24)16-5-4-6-18(13-16)28(25,26)23-11-8-19-17(14-23)9-12-27-19/h4-6,9,12-13,15H,7-8,10-11,14H2,1-3H3,(H,21,24). The molecule has 1 aliphatic rings. The number of hydrogen-bond acceptors (Lipinski definition) is 5. The zero-order valence-electron chi connectivity index (χ0n) is 16.5. The minimum absolute atomic E-state index is 0.00858. The Balaban J connectivity index is 1.72. The highest BCUT2D eigenvalue weighted by Gasteiger charge is 2.29. The largest absolute Gasteiger partial charge is 0.350 e. The molecule has 152 valence electrons. The zero-order chi connectivity index (χ0) is 20.3. The summed E-state index contributed by atoms with van der Waals surface area (Å²) in [7, 11) is 0.340. The molecule has 1 unspecified atom stereocenters. The van der Waals surface area contributed by atoms with Gasteiger partial charge in [-0.15, -0.1) is 11.3 Å². The number of carbonyl (C=O) groups excluding carboxylic acids is 1. The number of nitrogens with one attached hydrogen (secondary N) is 1. The van der Waals surface area contributed by atoms with Gasteiger partial charge in [0.25, 0.3) is 5.91 Å². The van der Waals surface area contributed by atoms with Crippen LogP contribution in [0, 0.1) is 0 Å². The molecule has 0 spiro atoms. The Morgan fingerprint density at radius 3 is 2.86 bits per heavy atom. The number of sulfonamides is 1. The van der Waals surface area contributed by atoms with Crippen molar-refractivity contribution < 1.29 is 13.2 Å². The lowest BCUT2D eigenvalue weighted by Gasteiger charge is -2.26.